The van der Waals surface area contributed by atoms with E-state index in [0.717, 1.165) is 42.9 Å². The molecule has 5 saturated heterocycles. The average molecular weight is 591 g/mol. The highest BCUT2D eigenvalue weighted by Gasteiger charge is 2.58. The molecule has 13 heteroatoms. The van der Waals surface area contributed by atoms with Crippen LogP contribution in [0.25, 0.3) is 16.6 Å². The lowest BCUT2D eigenvalue weighted by atomic mass is 9.87. The second-order valence-corrected chi connectivity index (χ2v) is 12.7. The minimum absolute atomic E-state index is 0.0189. The molecule has 1 N–H and O–H groups in total. The number of carbonyl (C=O) groups is 1. The number of ether oxygens (including phenoxy) is 1. The molecule has 0 aromatic carbocycles. The highest BCUT2D eigenvalue weighted by atomic mass is 19.3. The third-order valence-electron chi connectivity index (χ3n) is 9.80. The van der Waals surface area contributed by atoms with Gasteiger partial charge in [0.25, 0.3) is 5.92 Å². The molecule has 4 atom stereocenters. The predicted octanol–water partition coefficient (Wildman–Crippen LogP) is 2.44. The smallest absolute Gasteiger partial charge is 0.320 e. The molecule has 1 aliphatic carbocycles. The van der Waals surface area contributed by atoms with Crippen LogP contribution in [-0.2, 0) is 0 Å². The number of amides is 2. The number of halogens is 2. The van der Waals surface area contributed by atoms with Gasteiger partial charge >= 0.3 is 6.03 Å². The first-order chi connectivity index (χ1) is 20.7. The van der Waals surface area contributed by atoms with Crippen molar-refractivity contribution >= 4 is 17.4 Å². The van der Waals surface area contributed by atoms with Gasteiger partial charge in [-0.2, -0.15) is 10.4 Å². The summed E-state index contributed by atoms with van der Waals surface area (Å²) in [5.74, 6) is -1.00. The Balaban J connectivity index is 0.964. The molecule has 224 valence electrons. The fraction of sp³-hybridized carbons (Fsp3) is 0.533. The maximum absolute atomic E-state index is 13.7. The van der Waals surface area contributed by atoms with E-state index < -0.39 is 18.1 Å². The SMILES string of the molecule is N#Cc1cnn2cc(OCCN3CC4CC4(O)C3)cc(-c3ccc(N4CC5CC(C4)N5C(=O)N4CCC(F)(F)C4)nc3)c12. The number of rotatable bonds is 6. The van der Waals surface area contributed by atoms with Crippen LogP contribution in [0, 0.1) is 17.2 Å². The second-order valence-electron chi connectivity index (χ2n) is 12.7. The van der Waals surface area contributed by atoms with Crippen LogP contribution in [0.2, 0.25) is 0 Å². The molecule has 5 aliphatic heterocycles. The lowest BCUT2D eigenvalue weighted by molar-refractivity contribution is -0.00122. The summed E-state index contributed by atoms with van der Waals surface area (Å²) in [6.45, 7) is 3.58. The molecule has 0 spiro atoms. The van der Waals surface area contributed by atoms with Crippen molar-refractivity contribution in [2.45, 2.75) is 42.9 Å². The van der Waals surface area contributed by atoms with Crippen LogP contribution in [0.4, 0.5) is 19.4 Å². The molecule has 0 radical (unpaired) electrons. The van der Waals surface area contributed by atoms with Crippen molar-refractivity contribution in [2.24, 2.45) is 5.92 Å². The molecule has 43 heavy (non-hydrogen) atoms. The first kappa shape index (κ1) is 26.6. The van der Waals surface area contributed by atoms with Gasteiger partial charge in [0.2, 0.25) is 0 Å². The van der Waals surface area contributed by atoms with E-state index >= 15 is 0 Å². The van der Waals surface area contributed by atoms with Gasteiger partial charge in [-0.05, 0) is 31.0 Å². The van der Waals surface area contributed by atoms with E-state index in [2.05, 4.69) is 21.0 Å². The first-order valence-electron chi connectivity index (χ1n) is 14.9. The van der Waals surface area contributed by atoms with E-state index in [9.17, 15) is 23.9 Å². The molecule has 8 heterocycles. The fourth-order valence-electron chi connectivity index (χ4n) is 7.40. The maximum atomic E-state index is 13.7. The van der Waals surface area contributed by atoms with Gasteiger partial charge in [0.05, 0.1) is 47.7 Å². The number of anilines is 1. The predicted molar refractivity (Wildman–Crippen MR) is 151 cm³/mol. The Morgan fingerprint density at radius 1 is 1.19 bits per heavy atom. The highest BCUT2D eigenvalue weighted by molar-refractivity contribution is 5.85. The van der Waals surface area contributed by atoms with Gasteiger partial charge < -0.3 is 24.5 Å². The van der Waals surface area contributed by atoms with Crippen LogP contribution in [0.15, 0.2) is 36.8 Å². The minimum atomic E-state index is -2.80. The largest absolute Gasteiger partial charge is 0.491 e. The summed E-state index contributed by atoms with van der Waals surface area (Å²) in [5.41, 5.74) is 2.22. The van der Waals surface area contributed by atoms with Gasteiger partial charge in [-0.3, -0.25) is 4.90 Å². The summed E-state index contributed by atoms with van der Waals surface area (Å²) in [5, 5.41) is 24.4. The van der Waals surface area contributed by atoms with Crippen molar-refractivity contribution < 1.29 is 23.4 Å². The fourth-order valence-corrected chi connectivity index (χ4v) is 7.40. The number of carbonyl (C=O) groups excluding carboxylic acids is 1. The van der Waals surface area contributed by atoms with Crippen molar-refractivity contribution in [2.75, 3.05) is 57.3 Å². The summed E-state index contributed by atoms with van der Waals surface area (Å²) in [7, 11) is 0. The number of hydrogen-bond donors (Lipinski definition) is 1. The van der Waals surface area contributed by atoms with Gasteiger partial charge in [0.15, 0.2) is 0 Å². The van der Waals surface area contributed by atoms with Crippen LogP contribution in [-0.4, -0.2) is 116 Å². The van der Waals surface area contributed by atoms with E-state index in [1.807, 2.05) is 18.2 Å². The lowest BCUT2D eigenvalue weighted by Gasteiger charge is -2.57. The summed E-state index contributed by atoms with van der Waals surface area (Å²) in [4.78, 5) is 25.1. The van der Waals surface area contributed by atoms with E-state index in [4.69, 9.17) is 9.72 Å². The van der Waals surface area contributed by atoms with Gasteiger partial charge in [-0.1, -0.05) is 0 Å². The number of hydrogen-bond acceptors (Lipinski definition) is 8. The van der Waals surface area contributed by atoms with Crippen molar-refractivity contribution in [3.05, 3.63) is 42.4 Å². The number of alkyl halides is 2. The van der Waals surface area contributed by atoms with Gasteiger partial charge in [-0.25, -0.2) is 23.1 Å². The summed E-state index contributed by atoms with van der Waals surface area (Å²) in [6, 6.07) is 7.70. The summed E-state index contributed by atoms with van der Waals surface area (Å²) >= 11 is 0. The van der Waals surface area contributed by atoms with Crippen LogP contribution < -0.4 is 9.64 Å². The van der Waals surface area contributed by atoms with Crippen LogP contribution >= 0.6 is 0 Å². The molecule has 6 fully saturated rings. The van der Waals surface area contributed by atoms with Crippen molar-refractivity contribution in [3.8, 4) is 22.9 Å². The normalized spacial score (nSPS) is 29.0. The molecule has 1 saturated carbocycles. The lowest BCUT2D eigenvalue weighted by Crippen LogP contribution is -2.72. The number of nitrogens with zero attached hydrogens (tertiary/aromatic N) is 8. The molecule has 6 aliphatic rings. The molecule has 2 amide bonds. The summed E-state index contributed by atoms with van der Waals surface area (Å²) < 4.78 is 35.1. The Labute approximate surface area is 246 Å². The summed E-state index contributed by atoms with van der Waals surface area (Å²) in [6.07, 6.45) is 6.58. The monoisotopic (exact) mass is 590 g/mol. The molecule has 11 nitrogen and oxygen atoms in total. The quantitative estimate of drug-likeness (QED) is 0.466. The number of urea groups is 1. The zero-order valence-electron chi connectivity index (χ0n) is 23.6. The Morgan fingerprint density at radius 3 is 2.70 bits per heavy atom. The third-order valence-corrected chi connectivity index (χ3v) is 9.80. The van der Waals surface area contributed by atoms with Crippen molar-refractivity contribution in [1.29, 1.82) is 5.26 Å². The number of likely N-dealkylation sites (tertiary alicyclic amines) is 2. The van der Waals surface area contributed by atoms with Crippen LogP contribution in [0.1, 0.15) is 24.8 Å². The zero-order valence-corrected chi connectivity index (χ0v) is 23.6. The van der Waals surface area contributed by atoms with Crippen molar-refractivity contribution in [3.63, 3.8) is 0 Å². The molecule has 4 unspecified atom stereocenters. The molecule has 3 aromatic heterocycles. The van der Waals surface area contributed by atoms with E-state index in [1.54, 1.807) is 21.8 Å². The van der Waals surface area contributed by atoms with Gasteiger partial charge in [0, 0.05) is 68.9 Å². The standard InChI is InChI=1S/C30H32F2N8O3/c31-30(32)3-4-37(18-30)28(41)40-22-7-23(40)15-38(14-22)26-2-1-19(11-34-26)25-8-24(16-39-27(25)20(10-33)12-35-39)43-6-5-36-13-21-9-29(21,42)17-36/h1-2,8,11-12,16,21-23,42H,3-7,9,13-15,17-18H2. The number of aliphatic hydroxyl groups is 1. The highest BCUT2D eigenvalue weighted by Crippen LogP contribution is 2.49. The Hall–Kier alpha value is -4.02. The molecule has 2 bridgehead atoms. The Kier molecular flexibility index (Phi) is 5.87. The van der Waals surface area contributed by atoms with Crippen LogP contribution in [0.5, 0.6) is 5.75 Å². The van der Waals surface area contributed by atoms with E-state index in [-0.39, 0.29) is 31.1 Å². The number of aromatic nitrogens is 3. The van der Waals surface area contributed by atoms with Gasteiger partial charge in [0.1, 0.15) is 24.2 Å². The molecule has 9 rings (SSSR count). The Morgan fingerprint density at radius 2 is 2.02 bits per heavy atom. The number of pyridine rings is 2. The van der Waals surface area contributed by atoms with Crippen LogP contribution in [0.3, 0.4) is 0 Å². The topological polar surface area (TPSA) is 113 Å². The Bertz CT molecular complexity index is 1630. The van der Waals surface area contributed by atoms with Gasteiger partial charge in [-0.15, -0.1) is 0 Å². The number of nitriles is 1. The number of piperazine rings is 1. The minimum Gasteiger partial charge on any atom is -0.491 e. The maximum Gasteiger partial charge on any atom is 0.320 e. The van der Waals surface area contributed by atoms with E-state index in [0.29, 0.717) is 49.0 Å². The molecular weight excluding hydrogens is 558 g/mol. The molecular formula is C30H32F2N8O3. The van der Waals surface area contributed by atoms with Crippen molar-refractivity contribution in [1.82, 2.24) is 29.3 Å². The van der Waals surface area contributed by atoms with E-state index in [1.165, 1.54) is 11.1 Å². The average Bonchev–Trinajstić information content (AvgIpc) is 3.31. The number of piperidine rings is 2. The third kappa shape index (κ3) is 4.55. The molecule has 3 aromatic rings. The number of fused-ring (bicyclic) bond motifs is 4. The first-order valence-corrected chi connectivity index (χ1v) is 14.9. The zero-order chi connectivity index (χ0) is 29.5. The number of β-amino-alcohol motifs (C(OH)–C–C–N with tert-alkyl or cyclic N) is 1. The second kappa shape index (κ2) is 9.49.